The van der Waals surface area contributed by atoms with E-state index in [4.69, 9.17) is 5.41 Å². The lowest BCUT2D eigenvalue weighted by atomic mass is 10.0. The van der Waals surface area contributed by atoms with E-state index in [9.17, 15) is 14.0 Å². The van der Waals surface area contributed by atoms with E-state index in [2.05, 4.69) is 15.2 Å². The molecule has 4 heterocycles. The number of carbonyl (C=O) groups is 2. The van der Waals surface area contributed by atoms with E-state index >= 15 is 0 Å². The summed E-state index contributed by atoms with van der Waals surface area (Å²) in [6.45, 7) is 4.16. The van der Waals surface area contributed by atoms with E-state index in [0.29, 0.717) is 54.3 Å². The van der Waals surface area contributed by atoms with Crippen molar-refractivity contribution in [1.29, 1.82) is 5.41 Å². The van der Waals surface area contributed by atoms with Crippen molar-refractivity contribution in [2.24, 2.45) is 0 Å². The number of anilines is 1. The second kappa shape index (κ2) is 10.7. The fourth-order valence-electron chi connectivity index (χ4n) is 4.94. The number of benzene rings is 1. The number of carbonyl (C=O) groups excluding carboxylic acids is 2. The van der Waals surface area contributed by atoms with Gasteiger partial charge in [-0.3, -0.25) is 14.6 Å². The first-order chi connectivity index (χ1) is 17.9. The number of rotatable bonds is 4. The molecule has 5 rings (SSSR count). The fourth-order valence-corrected chi connectivity index (χ4v) is 4.94. The minimum Gasteiger partial charge on any atom is -0.339 e. The summed E-state index contributed by atoms with van der Waals surface area (Å²) in [6.07, 6.45) is 6.99. The highest BCUT2D eigenvalue weighted by Crippen LogP contribution is 2.25. The molecule has 10 heteroatoms. The van der Waals surface area contributed by atoms with Crippen LogP contribution in [0.25, 0.3) is 5.65 Å². The van der Waals surface area contributed by atoms with Crippen molar-refractivity contribution in [3.05, 3.63) is 65.4 Å². The van der Waals surface area contributed by atoms with Gasteiger partial charge in [0, 0.05) is 56.6 Å². The molecule has 2 N–H and O–H groups in total. The maximum atomic E-state index is 14.0. The van der Waals surface area contributed by atoms with Crippen LogP contribution in [0.2, 0.25) is 0 Å². The lowest BCUT2D eigenvalue weighted by molar-refractivity contribution is 0.0761. The molecule has 0 aliphatic carbocycles. The minimum atomic E-state index is -0.443. The second-order valence-corrected chi connectivity index (χ2v) is 9.78. The Balaban J connectivity index is 1.49. The number of fused-ring (bicyclic) bond motifs is 1. The van der Waals surface area contributed by atoms with Crippen LogP contribution in [0.5, 0.6) is 0 Å². The normalized spacial score (nSPS) is 17.0. The summed E-state index contributed by atoms with van der Waals surface area (Å²) < 4.78 is 15.5. The molecule has 3 aromatic rings. The highest BCUT2D eigenvalue weighted by molar-refractivity contribution is 6.15. The Bertz CT molecular complexity index is 1320. The molecule has 2 saturated heterocycles. The predicted octanol–water partition coefficient (Wildman–Crippen LogP) is 3.69. The van der Waals surface area contributed by atoms with Gasteiger partial charge >= 0.3 is 6.03 Å². The lowest BCUT2D eigenvalue weighted by Gasteiger charge is -2.32. The zero-order valence-electron chi connectivity index (χ0n) is 21.0. The summed E-state index contributed by atoms with van der Waals surface area (Å²) in [4.78, 5) is 36.6. The third-order valence-corrected chi connectivity index (χ3v) is 7.19. The van der Waals surface area contributed by atoms with E-state index < -0.39 is 5.82 Å². The van der Waals surface area contributed by atoms with Gasteiger partial charge in [0.25, 0.3) is 5.91 Å². The van der Waals surface area contributed by atoms with Gasteiger partial charge in [-0.15, -0.1) is 0 Å². The summed E-state index contributed by atoms with van der Waals surface area (Å²) in [7, 11) is 2.02. The standard InChI is InChI=1S/C27H32FN7O2/c1-32-12-14-34(15-13-32)27(37)31-22-16-19(26(36)33-10-4-2-3-5-11-33)6-8-21(22)25(29)23-17-30-24-9-7-20(28)18-35(23)24/h6-9,16-18,29H,2-5,10-15H2,1H3,(H,31,37). The number of hydrogen-bond acceptors (Lipinski definition) is 5. The van der Waals surface area contributed by atoms with Gasteiger partial charge in [0.1, 0.15) is 11.5 Å². The van der Waals surface area contributed by atoms with Gasteiger partial charge in [0.15, 0.2) is 0 Å². The van der Waals surface area contributed by atoms with Gasteiger partial charge in [0.05, 0.1) is 23.3 Å². The van der Waals surface area contributed by atoms with Crippen LogP contribution in [0.3, 0.4) is 0 Å². The molecule has 0 radical (unpaired) electrons. The van der Waals surface area contributed by atoms with Crippen molar-refractivity contribution in [3.63, 3.8) is 0 Å². The molecule has 2 fully saturated rings. The van der Waals surface area contributed by atoms with Gasteiger partial charge < -0.3 is 20.0 Å². The Kier molecular flexibility index (Phi) is 7.18. The molecule has 1 aromatic carbocycles. The van der Waals surface area contributed by atoms with Crippen LogP contribution in [-0.2, 0) is 0 Å². The Morgan fingerprint density at radius 2 is 1.68 bits per heavy atom. The average molecular weight is 506 g/mol. The first-order valence-corrected chi connectivity index (χ1v) is 12.8. The van der Waals surface area contributed by atoms with Crippen LogP contribution in [0.15, 0.2) is 42.7 Å². The number of nitrogens with one attached hydrogen (secondary N) is 2. The van der Waals surface area contributed by atoms with E-state index in [1.807, 2.05) is 11.9 Å². The summed E-state index contributed by atoms with van der Waals surface area (Å²) in [5.41, 5.74) is 2.24. The van der Waals surface area contributed by atoms with Crippen molar-refractivity contribution in [1.82, 2.24) is 24.1 Å². The van der Waals surface area contributed by atoms with Gasteiger partial charge in [-0.25, -0.2) is 14.2 Å². The van der Waals surface area contributed by atoms with Crippen LogP contribution in [0.4, 0.5) is 14.9 Å². The summed E-state index contributed by atoms with van der Waals surface area (Å²) in [5.74, 6) is -0.520. The smallest absolute Gasteiger partial charge is 0.321 e. The number of pyridine rings is 1. The maximum absolute atomic E-state index is 14.0. The molecular formula is C27H32FN7O2. The molecule has 0 atom stereocenters. The van der Waals surface area contributed by atoms with Gasteiger partial charge in [0.2, 0.25) is 0 Å². The molecule has 2 aromatic heterocycles. The summed E-state index contributed by atoms with van der Waals surface area (Å²) in [5, 5.41) is 11.9. The van der Waals surface area contributed by atoms with E-state index in [1.165, 1.54) is 22.9 Å². The zero-order chi connectivity index (χ0) is 25.9. The number of halogens is 1. The first kappa shape index (κ1) is 24.9. The van der Waals surface area contributed by atoms with Crippen molar-refractivity contribution >= 4 is 29.0 Å². The van der Waals surface area contributed by atoms with Crippen LogP contribution in [0, 0.1) is 11.2 Å². The number of amides is 3. The largest absolute Gasteiger partial charge is 0.339 e. The number of likely N-dealkylation sites (N-methyl/N-ethyl adjacent to an activating group) is 1. The Morgan fingerprint density at radius 1 is 0.946 bits per heavy atom. The highest BCUT2D eigenvalue weighted by atomic mass is 19.1. The molecule has 0 bridgehead atoms. The number of urea groups is 1. The van der Waals surface area contributed by atoms with Crippen molar-refractivity contribution in [2.75, 3.05) is 51.6 Å². The highest BCUT2D eigenvalue weighted by Gasteiger charge is 2.24. The minimum absolute atomic E-state index is 0.0700. The van der Waals surface area contributed by atoms with Gasteiger partial charge in [-0.1, -0.05) is 12.8 Å². The quantitative estimate of drug-likeness (QED) is 0.529. The number of likely N-dealkylation sites (tertiary alicyclic amines) is 1. The molecule has 2 aliphatic heterocycles. The molecule has 0 saturated carbocycles. The molecule has 3 amide bonds. The molecule has 9 nitrogen and oxygen atoms in total. The van der Waals surface area contributed by atoms with Crippen LogP contribution >= 0.6 is 0 Å². The second-order valence-electron chi connectivity index (χ2n) is 9.78. The lowest BCUT2D eigenvalue weighted by Crippen LogP contribution is -2.48. The van der Waals surface area contributed by atoms with Crippen molar-refractivity contribution < 1.29 is 14.0 Å². The molecule has 37 heavy (non-hydrogen) atoms. The van der Waals surface area contributed by atoms with E-state index in [1.54, 1.807) is 29.2 Å². The summed E-state index contributed by atoms with van der Waals surface area (Å²) in [6, 6.07) is 7.64. The third-order valence-electron chi connectivity index (χ3n) is 7.19. The average Bonchev–Trinajstić information content (AvgIpc) is 3.12. The Morgan fingerprint density at radius 3 is 2.41 bits per heavy atom. The molecular weight excluding hydrogens is 473 g/mol. The molecule has 0 spiro atoms. The molecule has 2 aliphatic rings. The van der Waals surface area contributed by atoms with Crippen molar-refractivity contribution in [2.45, 2.75) is 25.7 Å². The number of imidazole rings is 1. The van der Waals surface area contributed by atoms with Crippen LogP contribution < -0.4 is 5.32 Å². The van der Waals surface area contributed by atoms with Crippen LogP contribution in [-0.4, -0.2) is 88.1 Å². The zero-order valence-corrected chi connectivity index (χ0v) is 21.0. The first-order valence-electron chi connectivity index (χ1n) is 12.8. The topological polar surface area (TPSA) is 97.0 Å². The van der Waals surface area contributed by atoms with E-state index in [0.717, 1.165) is 38.8 Å². The number of nitrogens with zero attached hydrogens (tertiary/aromatic N) is 5. The monoisotopic (exact) mass is 505 g/mol. The number of hydrogen-bond donors (Lipinski definition) is 2. The Labute approximate surface area is 215 Å². The van der Waals surface area contributed by atoms with Gasteiger partial charge in [-0.05, 0) is 50.2 Å². The molecule has 194 valence electrons. The number of aromatic nitrogens is 2. The molecule has 0 unspecified atom stereocenters. The van der Waals surface area contributed by atoms with Crippen LogP contribution in [0.1, 0.15) is 47.3 Å². The SMILES string of the molecule is CN1CCN(C(=O)Nc2cc(C(=O)N3CCCCCC3)ccc2C(=N)c2cnc3ccc(F)cn23)CC1. The van der Waals surface area contributed by atoms with E-state index in [-0.39, 0.29) is 17.6 Å². The third kappa shape index (κ3) is 5.34. The van der Waals surface area contributed by atoms with Crippen molar-refractivity contribution in [3.8, 4) is 0 Å². The summed E-state index contributed by atoms with van der Waals surface area (Å²) >= 11 is 0. The fraction of sp³-hybridized carbons (Fsp3) is 0.407. The predicted molar refractivity (Wildman–Crippen MR) is 140 cm³/mol. The Hall–Kier alpha value is -3.79. The maximum Gasteiger partial charge on any atom is 0.321 e. The number of piperazine rings is 1. The van der Waals surface area contributed by atoms with Gasteiger partial charge in [-0.2, -0.15) is 0 Å².